The predicted octanol–water partition coefficient (Wildman–Crippen LogP) is 3.47. The molecule has 0 unspecified atom stereocenters. The van der Waals surface area contributed by atoms with E-state index in [9.17, 15) is 0 Å². The first kappa shape index (κ1) is 14.9. The molecule has 2 heteroatoms. The Bertz CT molecular complexity index is 179. The van der Waals surface area contributed by atoms with Crippen molar-refractivity contribution in [3.63, 3.8) is 0 Å². The maximum Gasteiger partial charge on any atom is 0.0550 e. The average Bonchev–Trinajstić information content (AvgIpc) is 2.08. The van der Waals surface area contributed by atoms with E-state index in [1.165, 1.54) is 19.4 Å². The molecule has 0 aromatic heterocycles. The number of hydrogen-bond acceptors (Lipinski definition) is 1. The zero-order valence-corrected chi connectivity index (χ0v) is 12.7. The maximum atomic E-state index is 2.57. The molecule has 0 aliphatic rings. The number of hydrogen-bond donors (Lipinski definition) is 0. The molecule has 0 N–H and O–H groups in total. The minimum atomic E-state index is -0.518. The lowest BCUT2D eigenvalue weighted by Gasteiger charge is -2.34. The Morgan fingerprint density at radius 1 is 1.20 bits per heavy atom. The van der Waals surface area contributed by atoms with E-state index in [1.54, 1.807) is 0 Å². The van der Waals surface area contributed by atoms with Crippen LogP contribution in [-0.4, -0.2) is 32.3 Å². The molecule has 0 rings (SSSR count). The summed E-state index contributed by atoms with van der Waals surface area (Å²) in [5.41, 5.74) is 2.74. The van der Waals surface area contributed by atoms with Crippen molar-refractivity contribution in [3.05, 3.63) is 11.8 Å². The van der Waals surface area contributed by atoms with Gasteiger partial charge < -0.3 is 0 Å². The standard InChI is InChI=1S/C13H29NSi/c1-7-8-10-14(13(2,3)4)11-9-12-15(5)6/h9,12,15H,7-8,10-11H2,1-6H3. The molecule has 0 fully saturated rings. The maximum absolute atomic E-state index is 2.57. The Labute approximate surface area is 98.2 Å². The minimum Gasteiger partial charge on any atom is -0.295 e. The highest BCUT2D eigenvalue weighted by molar-refractivity contribution is 6.61. The van der Waals surface area contributed by atoms with Crippen LogP contribution in [-0.2, 0) is 0 Å². The average molecular weight is 227 g/mol. The van der Waals surface area contributed by atoms with E-state index in [-0.39, 0.29) is 0 Å². The summed E-state index contributed by atoms with van der Waals surface area (Å²) in [4.78, 5) is 2.57. The van der Waals surface area contributed by atoms with E-state index in [4.69, 9.17) is 0 Å². The second kappa shape index (κ2) is 7.23. The summed E-state index contributed by atoms with van der Waals surface area (Å²) in [6, 6.07) is 0. The van der Waals surface area contributed by atoms with E-state index in [0.29, 0.717) is 5.54 Å². The quantitative estimate of drug-likeness (QED) is 0.628. The van der Waals surface area contributed by atoms with Crippen molar-refractivity contribution >= 4 is 8.80 Å². The molecule has 0 saturated carbocycles. The molecule has 0 saturated heterocycles. The lowest BCUT2D eigenvalue weighted by molar-refractivity contribution is 0.152. The van der Waals surface area contributed by atoms with Crippen molar-refractivity contribution in [3.8, 4) is 0 Å². The van der Waals surface area contributed by atoms with Crippen LogP contribution in [0.2, 0.25) is 13.1 Å². The third-order valence-electron chi connectivity index (χ3n) is 2.58. The van der Waals surface area contributed by atoms with Crippen LogP contribution in [0, 0.1) is 0 Å². The molecule has 0 aromatic rings. The second-order valence-corrected chi connectivity index (χ2v) is 8.52. The number of unbranched alkanes of at least 4 members (excludes halogenated alkanes) is 1. The molecule has 1 nitrogen and oxygen atoms in total. The van der Waals surface area contributed by atoms with Crippen LogP contribution >= 0.6 is 0 Å². The summed E-state index contributed by atoms with van der Waals surface area (Å²) in [6.07, 6.45) is 4.97. The lowest BCUT2D eigenvalue weighted by Crippen LogP contribution is -2.42. The van der Waals surface area contributed by atoms with Gasteiger partial charge in [0.2, 0.25) is 0 Å². The fourth-order valence-electron chi connectivity index (χ4n) is 1.51. The topological polar surface area (TPSA) is 3.24 Å². The van der Waals surface area contributed by atoms with E-state index < -0.39 is 8.80 Å². The zero-order chi connectivity index (χ0) is 11.9. The largest absolute Gasteiger partial charge is 0.295 e. The van der Waals surface area contributed by atoms with Gasteiger partial charge in [-0.2, -0.15) is 0 Å². The zero-order valence-electron chi connectivity index (χ0n) is 11.5. The van der Waals surface area contributed by atoms with Crippen molar-refractivity contribution < 1.29 is 0 Å². The van der Waals surface area contributed by atoms with Gasteiger partial charge in [-0.05, 0) is 33.7 Å². The fourth-order valence-corrected chi connectivity index (χ4v) is 2.18. The summed E-state index contributed by atoms with van der Waals surface area (Å²) in [7, 11) is -0.518. The van der Waals surface area contributed by atoms with Gasteiger partial charge in [-0.15, -0.1) is 5.70 Å². The van der Waals surface area contributed by atoms with Gasteiger partial charge in [0.1, 0.15) is 0 Å². The summed E-state index contributed by atoms with van der Waals surface area (Å²) in [5, 5.41) is 0. The molecular formula is C13H29NSi. The Balaban J connectivity index is 4.13. The molecule has 0 heterocycles. The molecule has 90 valence electrons. The highest BCUT2D eigenvalue weighted by atomic mass is 28.3. The van der Waals surface area contributed by atoms with Crippen molar-refractivity contribution in [1.82, 2.24) is 4.90 Å². The van der Waals surface area contributed by atoms with E-state index in [0.717, 1.165) is 6.54 Å². The molecule has 0 bridgehead atoms. The number of rotatable bonds is 6. The predicted molar refractivity (Wildman–Crippen MR) is 74.3 cm³/mol. The molecule has 15 heavy (non-hydrogen) atoms. The van der Waals surface area contributed by atoms with E-state index in [1.807, 2.05) is 0 Å². The van der Waals surface area contributed by atoms with Gasteiger partial charge in [0, 0.05) is 12.1 Å². The monoisotopic (exact) mass is 227 g/mol. The van der Waals surface area contributed by atoms with Crippen molar-refractivity contribution in [2.24, 2.45) is 0 Å². The van der Waals surface area contributed by atoms with Crippen LogP contribution in [0.15, 0.2) is 11.8 Å². The van der Waals surface area contributed by atoms with Gasteiger partial charge in [-0.3, -0.25) is 4.90 Å². The summed E-state index contributed by atoms with van der Waals surface area (Å²) in [6.45, 7) is 16.3. The third kappa shape index (κ3) is 7.80. The van der Waals surface area contributed by atoms with Gasteiger partial charge in [0.05, 0.1) is 8.80 Å². The van der Waals surface area contributed by atoms with Crippen molar-refractivity contribution in [2.45, 2.75) is 59.2 Å². The Hall–Kier alpha value is -0.0831. The summed E-state index contributed by atoms with van der Waals surface area (Å²) in [5.74, 6) is 0. The molecule has 0 aromatic carbocycles. The first-order valence-corrected chi connectivity index (χ1v) is 9.27. The highest BCUT2D eigenvalue weighted by Crippen LogP contribution is 2.13. The molecule has 0 aliphatic heterocycles. The van der Waals surface area contributed by atoms with E-state index in [2.05, 4.69) is 57.5 Å². The van der Waals surface area contributed by atoms with Gasteiger partial charge in [0.25, 0.3) is 0 Å². The number of nitrogens with zero attached hydrogens (tertiary/aromatic N) is 1. The SMILES string of the molecule is CCCCN(CC=C[SiH](C)C)C(C)(C)C. The van der Waals surface area contributed by atoms with Gasteiger partial charge in [-0.25, -0.2) is 0 Å². The van der Waals surface area contributed by atoms with Gasteiger partial charge in [-0.1, -0.05) is 32.5 Å². The normalized spacial score (nSPS) is 13.3. The molecule has 0 atom stereocenters. The summed E-state index contributed by atoms with van der Waals surface area (Å²) >= 11 is 0. The minimum absolute atomic E-state index is 0.304. The Morgan fingerprint density at radius 3 is 2.20 bits per heavy atom. The van der Waals surface area contributed by atoms with Gasteiger partial charge >= 0.3 is 0 Å². The second-order valence-electron chi connectivity index (χ2n) is 5.64. The smallest absolute Gasteiger partial charge is 0.0550 e. The van der Waals surface area contributed by atoms with Gasteiger partial charge in [0.15, 0.2) is 0 Å². The Morgan fingerprint density at radius 2 is 1.80 bits per heavy atom. The van der Waals surface area contributed by atoms with Crippen LogP contribution in [0.3, 0.4) is 0 Å². The first-order chi connectivity index (χ1) is 6.88. The van der Waals surface area contributed by atoms with Crippen LogP contribution in [0.5, 0.6) is 0 Å². The summed E-state index contributed by atoms with van der Waals surface area (Å²) < 4.78 is 0. The van der Waals surface area contributed by atoms with Crippen LogP contribution in [0.4, 0.5) is 0 Å². The van der Waals surface area contributed by atoms with Crippen LogP contribution in [0.25, 0.3) is 0 Å². The Kier molecular flexibility index (Phi) is 7.19. The molecule has 0 amide bonds. The highest BCUT2D eigenvalue weighted by Gasteiger charge is 2.18. The van der Waals surface area contributed by atoms with Crippen LogP contribution < -0.4 is 0 Å². The third-order valence-corrected chi connectivity index (χ3v) is 3.62. The van der Waals surface area contributed by atoms with Crippen LogP contribution in [0.1, 0.15) is 40.5 Å². The van der Waals surface area contributed by atoms with Crippen molar-refractivity contribution in [2.75, 3.05) is 13.1 Å². The fraction of sp³-hybridized carbons (Fsp3) is 0.846. The first-order valence-electron chi connectivity index (χ1n) is 6.29. The lowest BCUT2D eigenvalue weighted by atomic mass is 10.1. The van der Waals surface area contributed by atoms with E-state index >= 15 is 0 Å². The van der Waals surface area contributed by atoms with Crippen molar-refractivity contribution in [1.29, 1.82) is 0 Å². The molecule has 0 spiro atoms. The molecule has 0 radical (unpaired) electrons. The molecular weight excluding hydrogens is 198 g/mol. The molecule has 0 aliphatic carbocycles.